The van der Waals surface area contributed by atoms with Crippen LogP contribution in [0, 0.1) is 5.82 Å². The highest BCUT2D eigenvalue weighted by Gasteiger charge is 2.32. The van der Waals surface area contributed by atoms with Crippen molar-refractivity contribution < 1.29 is 23.4 Å². The number of carbonyl (C=O) groups is 1. The van der Waals surface area contributed by atoms with Crippen LogP contribution in [0.4, 0.5) is 10.1 Å². The summed E-state index contributed by atoms with van der Waals surface area (Å²) >= 11 is 5.38. The van der Waals surface area contributed by atoms with Crippen molar-refractivity contribution in [1.82, 2.24) is 5.32 Å². The fraction of sp³-hybridized carbons (Fsp3) is 0.154. The van der Waals surface area contributed by atoms with Gasteiger partial charge in [-0.05, 0) is 84.9 Å². The second-order valence-corrected chi connectivity index (χ2v) is 7.77. The maximum Gasteiger partial charge on any atom is 0.281 e. The lowest BCUT2D eigenvalue weighted by Crippen LogP contribution is -2.30. The number of thiocarbonyl (C=S) groups is 1. The third-order valence-corrected chi connectivity index (χ3v) is 5.38. The number of hydrogen-bond donors (Lipinski definition) is 1. The number of halogens is 1. The van der Waals surface area contributed by atoms with Gasteiger partial charge in [0.2, 0.25) is 0 Å². The van der Waals surface area contributed by atoms with E-state index in [9.17, 15) is 9.18 Å². The Hall–Kier alpha value is -3.91. The van der Waals surface area contributed by atoms with Crippen molar-refractivity contribution in [2.45, 2.75) is 13.5 Å². The number of ether oxygens (including phenoxy) is 3. The molecule has 1 aliphatic rings. The van der Waals surface area contributed by atoms with Gasteiger partial charge >= 0.3 is 0 Å². The Labute approximate surface area is 202 Å². The summed E-state index contributed by atoms with van der Waals surface area (Å²) in [6, 6.07) is 18.6. The Morgan fingerprint density at radius 1 is 1.00 bits per heavy atom. The molecule has 34 heavy (non-hydrogen) atoms. The summed E-state index contributed by atoms with van der Waals surface area (Å²) in [7, 11) is 1.58. The normalized spacial score (nSPS) is 14.3. The highest BCUT2D eigenvalue weighted by atomic mass is 32.1. The summed E-state index contributed by atoms with van der Waals surface area (Å²) in [4.78, 5) is 14.5. The second-order valence-electron chi connectivity index (χ2n) is 7.38. The highest BCUT2D eigenvalue weighted by Crippen LogP contribution is 2.31. The summed E-state index contributed by atoms with van der Waals surface area (Å²) in [5.74, 6) is 1.23. The van der Waals surface area contributed by atoms with Crippen molar-refractivity contribution in [2.75, 3.05) is 18.6 Å². The van der Waals surface area contributed by atoms with Crippen LogP contribution in [0.2, 0.25) is 0 Å². The van der Waals surface area contributed by atoms with Crippen LogP contribution in [0.25, 0.3) is 6.08 Å². The topological polar surface area (TPSA) is 60.0 Å². The minimum Gasteiger partial charge on any atom is -0.497 e. The molecule has 1 amide bonds. The van der Waals surface area contributed by atoms with Gasteiger partial charge < -0.3 is 19.5 Å². The lowest BCUT2D eigenvalue weighted by Gasteiger charge is -2.14. The molecule has 0 radical (unpaired) electrons. The molecular formula is C26H23FN2O4S. The fourth-order valence-electron chi connectivity index (χ4n) is 3.41. The smallest absolute Gasteiger partial charge is 0.281 e. The number of anilines is 1. The number of methoxy groups -OCH3 is 1. The summed E-state index contributed by atoms with van der Waals surface area (Å²) in [6.45, 7) is 2.59. The average molecular weight is 479 g/mol. The van der Waals surface area contributed by atoms with Crippen LogP contribution >= 0.6 is 12.2 Å². The third kappa shape index (κ3) is 5.18. The van der Waals surface area contributed by atoms with Crippen molar-refractivity contribution in [2.24, 2.45) is 0 Å². The number of nitrogens with zero attached hydrogens (tertiary/aromatic N) is 1. The zero-order valence-electron chi connectivity index (χ0n) is 18.7. The van der Waals surface area contributed by atoms with Crippen molar-refractivity contribution in [3.05, 3.63) is 89.4 Å². The molecule has 0 unspecified atom stereocenters. The van der Waals surface area contributed by atoms with E-state index in [-0.39, 0.29) is 18.3 Å². The molecule has 1 heterocycles. The summed E-state index contributed by atoms with van der Waals surface area (Å²) in [5.41, 5.74) is 2.57. The standard InChI is InChI=1S/C26H23FN2O4S/c1-3-32-24-15-18(6-13-23(24)33-16-17-4-7-19(27)8-5-17)14-22-25(30)29(26(34)28-22)20-9-11-21(31-2)12-10-20/h4-15H,3,16H2,1-2H3,(H,28,34)/b22-14-. The van der Waals surface area contributed by atoms with Gasteiger partial charge in [-0.3, -0.25) is 9.69 Å². The molecule has 0 aliphatic carbocycles. The fourth-order valence-corrected chi connectivity index (χ4v) is 3.71. The van der Waals surface area contributed by atoms with Gasteiger partial charge in [-0.25, -0.2) is 4.39 Å². The van der Waals surface area contributed by atoms with E-state index in [0.717, 1.165) is 11.1 Å². The summed E-state index contributed by atoms with van der Waals surface area (Å²) in [5, 5.41) is 3.28. The molecule has 1 aliphatic heterocycles. The first-order chi connectivity index (χ1) is 16.5. The van der Waals surface area contributed by atoms with Crippen molar-refractivity contribution in [1.29, 1.82) is 0 Å². The Morgan fingerprint density at radius 2 is 1.74 bits per heavy atom. The lowest BCUT2D eigenvalue weighted by atomic mass is 10.1. The zero-order valence-corrected chi connectivity index (χ0v) is 19.5. The maximum absolute atomic E-state index is 13.1. The van der Waals surface area contributed by atoms with E-state index < -0.39 is 0 Å². The van der Waals surface area contributed by atoms with Gasteiger partial charge in [-0.2, -0.15) is 0 Å². The Kier molecular flexibility index (Phi) is 7.08. The molecule has 4 rings (SSSR count). The van der Waals surface area contributed by atoms with Gasteiger partial charge in [0, 0.05) is 0 Å². The Balaban J connectivity index is 1.53. The molecule has 174 valence electrons. The van der Waals surface area contributed by atoms with Crippen LogP contribution < -0.4 is 24.4 Å². The molecule has 0 saturated carbocycles. The maximum atomic E-state index is 13.1. The number of amides is 1. The molecule has 0 bridgehead atoms. The van der Waals surface area contributed by atoms with E-state index in [1.165, 1.54) is 17.0 Å². The number of benzene rings is 3. The van der Waals surface area contributed by atoms with E-state index in [0.29, 0.717) is 40.4 Å². The molecule has 0 atom stereocenters. The molecule has 1 N–H and O–H groups in total. The first kappa shape index (κ1) is 23.3. The predicted octanol–water partition coefficient (Wildman–Crippen LogP) is 5.07. The number of carbonyl (C=O) groups excluding carboxylic acids is 1. The van der Waals surface area contributed by atoms with Gasteiger partial charge in [0.05, 0.1) is 19.4 Å². The molecule has 3 aromatic carbocycles. The van der Waals surface area contributed by atoms with Gasteiger partial charge in [0.1, 0.15) is 23.9 Å². The quantitative estimate of drug-likeness (QED) is 0.360. The van der Waals surface area contributed by atoms with Crippen LogP contribution in [-0.2, 0) is 11.4 Å². The number of rotatable bonds is 8. The van der Waals surface area contributed by atoms with Gasteiger partial charge in [-0.1, -0.05) is 18.2 Å². The van der Waals surface area contributed by atoms with Gasteiger partial charge in [-0.15, -0.1) is 0 Å². The van der Waals surface area contributed by atoms with E-state index in [1.807, 2.05) is 13.0 Å². The van der Waals surface area contributed by atoms with Crippen molar-refractivity contribution in [3.63, 3.8) is 0 Å². The van der Waals surface area contributed by atoms with E-state index in [4.69, 9.17) is 26.4 Å². The lowest BCUT2D eigenvalue weighted by molar-refractivity contribution is -0.113. The van der Waals surface area contributed by atoms with Crippen LogP contribution in [0.5, 0.6) is 17.2 Å². The highest BCUT2D eigenvalue weighted by molar-refractivity contribution is 7.80. The predicted molar refractivity (Wildman–Crippen MR) is 133 cm³/mol. The monoisotopic (exact) mass is 478 g/mol. The Bertz CT molecular complexity index is 1230. The summed E-state index contributed by atoms with van der Waals surface area (Å²) < 4.78 is 29.9. The van der Waals surface area contributed by atoms with Crippen molar-refractivity contribution >= 4 is 35.0 Å². The van der Waals surface area contributed by atoms with Gasteiger partial charge in [0.25, 0.3) is 5.91 Å². The largest absolute Gasteiger partial charge is 0.497 e. The molecule has 1 fully saturated rings. The Morgan fingerprint density at radius 3 is 2.41 bits per heavy atom. The second kappa shape index (κ2) is 10.4. The molecule has 6 nitrogen and oxygen atoms in total. The first-order valence-electron chi connectivity index (χ1n) is 10.6. The molecule has 0 aromatic heterocycles. The minimum absolute atomic E-state index is 0.259. The van der Waals surface area contributed by atoms with Crippen LogP contribution in [0.3, 0.4) is 0 Å². The zero-order chi connectivity index (χ0) is 24.1. The average Bonchev–Trinajstić information content (AvgIpc) is 3.12. The summed E-state index contributed by atoms with van der Waals surface area (Å²) in [6.07, 6.45) is 1.71. The van der Waals surface area contributed by atoms with E-state index >= 15 is 0 Å². The third-order valence-electron chi connectivity index (χ3n) is 5.10. The number of nitrogens with one attached hydrogen (secondary N) is 1. The van der Waals surface area contributed by atoms with Crippen LogP contribution in [0.1, 0.15) is 18.1 Å². The molecule has 0 spiro atoms. The van der Waals surface area contributed by atoms with Crippen LogP contribution in [0.15, 0.2) is 72.4 Å². The molecule has 8 heteroatoms. The first-order valence-corrected chi connectivity index (χ1v) is 11.0. The molecule has 3 aromatic rings. The van der Waals surface area contributed by atoms with E-state index in [1.54, 1.807) is 61.7 Å². The molecule has 1 saturated heterocycles. The number of hydrogen-bond acceptors (Lipinski definition) is 5. The van der Waals surface area contributed by atoms with E-state index in [2.05, 4.69) is 5.32 Å². The minimum atomic E-state index is -0.295. The van der Waals surface area contributed by atoms with Crippen LogP contribution in [-0.4, -0.2) is 24.7 Å². The van der Waals surface area contributed by atoms with Gasteiger partial charge in [0.15, 0.2) is 16.6 Å². The molecular weight excluding hydrogens is 455 g/mol. The SMILES string of the molecule is CCOc1cc(/C=C2\NC(=S)N(c3ccc(OC)cc3)C2=O)ccc1OCc1ccc(F)cc1. The van der Waals surface area contributed by atoms with Crippen molar-refractivity contribution in [3.8, 4) is 17.2 Å².